The fourth-order valence-corrected chi connectivity index (χ4v) is 3.55. The Balaban J connectivity index is 1.95. The molecule has 0 saturated heterocycles. The fourth-order valence-electron chi connectivity index (χ4n) is 3.55. The molecular weight excluding hydrogens is 358 g/mol. The Morgan fingerprint density at radius 1 is 1.25 bits per heavy atom. The number of nitrogens with zero attached hydrogens (tertiary/aromatic N) is 2. The van der Waals surface area contributed by atoms with Crippen molar-refractivity contribution in [1.29, 1.82) is 0 Å². The molecule has 7 heteroatoms. The molecule has 148 valence electrons. The predicted molar refractivity (Wildman–Crippen MR) is 106 cm³/mol. The average Bonchev–Trinajstić information content (AvgIpc) is 3.15. The highest BCUT2D eigenvalue weighted by molar-refractivity contribution is 5.99. The van der Waals surface area contributed by atoms with Gasteiger partial charge in [-0.15, -0.1) is 0 Å². The van der Waals surface area contributed by atoms with Crippen LogP contribution in [0.25, 0.3) is 5.69 Å². The molecule has 1 aromatic carbocycles. The third-order valence-electron chi connectivity index (χ3n) is 4.97. The number of ether oxygens (including phenoxy) is 1. The minimum atomic E-state index is -0.680. The van der Waals surface area contributed by atoms with Crippen molar-refractivity contribution in [3.05, 3.63) is 51.9 Å². The number of carbonyl (C=O) groups is 2. The molecular formula is C21H25N3O4. The average molecular weight is 383 g/mol. The van der Waals surface area contributed by atoms with Crippen LogP contribution in [0.3, 0.4) is 0 Å². The van der Waals surface area contributed by atoms with E-state index in [0.717, 1.165) is 35.9 Å². The zero-order valence-corrected chi connectivity index (χ0v) is 16.2. The Morgan fingerprint density at radius 3 is 2.64 bits per heavy atom. The fraction of sp³-hybridized carbons (Fsp3) is 0.429. The van der Waals surface area contributed by atoms with E-state index in [2.05, 4.69) is 10.4 Å². The van der Waals surface area contributed by atoms with Crippen LogP contribution in [0.15, 0.2) is 35.1 Å². The molecule has 0 atom stereocenters. The Labute approximate surface area is 163 Å². The molecule has 1 aliphatic carbocycles. The van der Waals surface area contributed by atoms with Crippen molar-refractivity contribution in [2.75, 3.05) is 11.9 Å². The van der Waals surface area contributed by atoms with Crippen molar-refractivity contribution in [1.82, 2.24) is 9.78 Å². The summed E-state index contributed by atoms with van der Waals surface area (Å²) in [4.78, 5) is 37.5. The van der Waals surface area contributed by atoms with Crippen LogP contribution >= 0.6 is 0 Å². The number of rotatable bonds is 6. The Kier molecular flexibility index (Phi) is 6.23. The van der Waals surface area contributed by atoms with E-state index in [-0.39, 0.29) is 23.9 Å². The summed E-state index contributed by atoms with van der Waals surface area (Å²) in [6.07, 6.45) is 4.72. The highest BCUT2D eigenvalue weighted by Gasteiger charge is 2.23. The van der Waals surface area contributed by atoms with Gasteiger partial charge >= 0.3 is 5.97 Å². The molecule has 3 rings (SSSR count). The number of para-hydroxylation sites is 1. The van der Waals surface area contributed by atoms with Crippen LogP contribution < -0.4 is 10.9 Å². The standard InChI is InChI=1S/C21H25N3O4/c1-3-28-21(27)20-16(22-18(25)12-15-9-5-6-10-15)13-19(26)24(23-20)17-11-7-4-8-14(17)2/h4,7-8,11,13,15H,3,5-6,9-10,12H2,1-2H3,(H,22,25). The minimum absolute atomic E-state index is 0.0792. The Bertz CT molecular complexity index is 929. The van der Waals surface area contributed by atoms with E-state index < -0.39 is 11.5 Å². The lowest BCUT2D eigenvalue weighted by Gasteiger charge is -2.14. The molecule has 2 aromatic rings. The van der Waals surface area contributed by atoms with Gasteiger partial charge in [-0.3, -0.25) is 9.59 Å². The first kappa shape index (κ1) is 19.8. The summed E-state index contributed by atoms with van der Waals surface area (Å²) in [6.45, 7) is 3.71. The summed E-state index contributed by atoms with van der Waals surface area (Å²) in [5, 5.41) is 6.92. The van der Waals surface area contributed by atoms with Crippen LogP contribution in [0.2, 0.25) is 0 Å². The summed E-state index contributed by atoms with van der Waals surface area (Å²) in [7, 11) is 0. The molecule has 1 amide bonds. The highest BCUT2D eigenvalue weighted by Crippen LogP contribution is 2.28. The van der Waals surface area contributed by atoms with Crippen molar-refractivity contribution in [3.63, 3.8) is 0 Å². The number of aromatic nitrogens is 2. The molecule has 0 radical (unpaired) electrons. The van der Waals surface area contributed by atoms with Gasteiger partial charge < -0.3 is 10.1 Å². The van der Waals surface area contributed by atoms with Crippen LogP contribution in [0, 0.1) is 12.8 Å². The molecule has 1 saturated carbocycles. The monoisotopic (exact) mass is 383 g/mol. The third-order valence-corrected chi connectivity index (χ3v) is 4.97. The predicted octanol–water partition coefficient (Wildman–Crippen LogP) is 3.24. The van der Waals surface area contributed by atoms with Crippen molar-refractivity contribution in [2.24, 2.45) is 5.92 Å². The molecule has 7 nitrogen and oxygen atoms in total. The lowest BCUT2D eigenvalue weighted by Crippen LogP contribution is -2.28. The molecule has 0 spiro atoms. The van der Waals surface area contributed by atoms with Crippen LogP contribution in [0.4, 0.5) is 5.69 Å². The summed E-state index contributed by atoms with van der Waals surface area (Å²) in [6, 6.07) is 8.48. The number of aryl methyl sites for hydroxylation is 1. The largest absolute Gasteiger partial charge is 0.461 e. The van der Waals surface area contributed by atoms with E-state index in [1.807, 2.05) is 19.1 Å². The van der Waals surface area contributed by atoms with Gasteiger partial charge in [-0.2, -0.15) is 9.78 Å². The van der Waals surface area contributed by atoms with Crippen LogP contribution in [-0.2, 0) is 9.53 Å². The Hall–Kier alpha value is -2.96. The van der Waals surface area contributed by atoms with Gasteiger partial charge in [-0.05, 0) is 44.2 Å². The Morgan fingerprint density at radius 2 is 1.96 bits per heavy atom. The lowest BCUT2D eigenvalue weighted by molar-refractivity contribution is -0.117. The number of hydrogen-bond donors (Lipinski definition) is 1. The maximum atomic E-state index is 12.6. The van der Waals surface area contributed by atoms with Crippen molar-refractivity contribution >= 4 is 17.6 Å². The van der Waals surface area contributed by atoms with Gasteiger partial charge in [0.25, 0.3) is 5.56 Å². The van der Waals surface area contributed by atoms with Gasteiger partial charge in [0.05, 0.1) is 18.0 Å². The molecule has 0 aliphatic heterocycles. The number of esters is 1. The number of nitrogens with one attached hydrogen (secondary N) is 1. The first-order chi connectivity index (χ1) is 13.5. The van der Waals surface area contributed by atoms with Gasteiger partial charge in [-0.25, -0.2) is 4.79 Å². The summed E-state index contributed by atoms with van der Waals surface area (Å²) in [5.74, 6) is -0.542. The number of hydrogen-bond acceptors (Lipinski definition) is 5. The number of carbonyl (C=O) groups excluding carboxylic acids is 2. The van der Waals surface area contributed by atoms with Gasteiger partial charge in [0.1, 0.15) is 0 Å². The van der Waals surface area contributed by atoms with E-state index in [0.29, 0.717) is 18.0 Å². The lowest BCUT2D eigenvalue weighted by atomic mass is 10.0. The molecule has 28 heavy (non-hydrogen) atoms. The van der Waals surface area contributed by atoms with Crippen molar-refractivity contribution in [2.45, 2.75) is 46.0 Å². The van der Waals surface area contributed by atoms with Crippen LogP contribution in [0.5, 0.6) is 0 Å². The number of amides is 1. The first-order valence-corrected chi connectivity index (χ1v) is 9.67. The second kappa shape index (κ2) is 8.82. The molecule has 1 N–H and O–H groups in total. The third kappa shape index (κ3) is 4.47. The minimum Gasteiger partial charge on any atom is -0.461 e. The molecule has 0 unspecified atom stereocenters. The maximum absolute atomic E-state index is 12.6. The van der Waals surface area contributed by atoms with E-state index >= 15 is 0 Å². The molecule has 1 fully saturated rings. The molecule has 1 heterocycles. The second-order valence-corrected chi connectivity index (χ2v) is 7.07. The van der Waals surface area contributed by atoms with Gasteiger partial charge in [0, 0.05) is 12.5 Å². The van der Waals surface area contributed by atoms with Gasteiger partial charge in [0.15, 0.2) is 5.69 Å². The SMILES string of the molecule is CCOC(=O)c1nn(-c2ccccc2C)c(=O)cc1NC(=O)CC1CCCC1. The summed E-state index contributed by atoms with van der Waals surface area (Å²) in [5.41, 5.74) is 0.992. The zero-order valence-electron chi connectivity index (χ0n) is 16.2. The van der Waals surface area contributed by atoms with E-state index in [1.54, 1.807) is 19.1 Å². The normalized spacial score (nSPS) is 14.1. The van der Waals surface area contributed by atoms with E-state index in [9.17, 15) is 14.4 Å². The maximum Gasteiger partial charge on any atom is 0.360 e. The molecule has 1 aromatic heterocycles. The molecule has 1 aliphatic rings. The second-order valence-electron chi connectivity index (χ2n) is 7.07. The topological polar surface area (TPSA) is 90.3 Å². The van der Waals surface area contributed by atoms with E-state index in [1.165, 1.54) is 6.07 Å². The van der Waals surface area contributed by atoms with E-state index in [4.69, 9.17) is 4.74 Å². The number of anilines is 1. The zero-order chi connectivity index (χ0) is 20.1. The smallest absolute Gasteiger partial charge is 0.360 e. The van der Waals surface area contributed by atoms with Gasteiger partial charge in [-0.1, -0.05) is 31.0 Å². The first-order valence-electron chi connectivity index (χ1n) is 9.67. The molecule has 0 bridgehead atoms. The van der Waals surface area contributed by atoms with Crippen molar-refractivity contribution < 1.29 is 14.3 Å². The highest BCUT2D eigenvalue weighted by atomic mass is 16.5. The van der Waals surface area contributed by atoms with Crippen LogP contribution in [0.1, 0.15) is 55.1 Å². The van der Waals surface area contributed by atoms with Crippen molar-refractivity contribution in [3.8, 4) is 5.69 Å². The van der Waals surface area contributed by atoms with Gasteiger partial charge in [0.2, 0.25) is 5.91 Å². The summed E-state index contributed by atoms with van der Waals surface area (Å²) >= 11 is 0. The van der Waals surface area contributed by atoms with Crippen LogP contribution in [-0.4, -0.2) is 28.3 Å². The quantitative estimate of drug-likeness (QED) is 0.774. The summed E-state index contributed by atoms with van der Waals surface area (Å²) < 4.78 is 6.24. The number of benzene rings is 1.